The molecule has 0 radical (unpaired) electrons. The van der Waals surface area contributed by atoms with Gasteiger partial charge < -0.3 is 23.9 Å². The lowest BCUT2D eigenvalue weighted by atomic mass is 9.98. The predicted octanol–water partition coefficient (Wildman–Crippen LogP) is 1.81. The molecule has 2 atom stereocenters. The van der Waals surface area contributed by atoms with Crippen molar-refractivity contribution in [2.24, 2.45) is 12.2 Å². The number of amides is 4. The Hall–Kier alpha value is -5.25. The number of urea groups is 1. The van der Waals surface area contributed by atoms with Gasteiger partial charge in [-0.15, -0.1) is 6.58 Å². The Morgan fingerprint density at radius 1 is 1.10 bits per heavy atom. The smallest absolute Gasteiger partial charge is 0.371 e. The van der Waals surface area contributed by atoms with Gasteiger partial charge in [-0.3, -0.25) is 9.59 Å². The van der Waals surface area contributed by atoms with E-state index in [4.69, 9.17) is 9.32 Å². The molecule has 2 fully saturated rings. The number of hydrogen-bond donors (Lipinski definition) is 2. The highest BCUT2D eigenvalue weighted by Gasteiger charge is 2.51. The third kappa shape index (κ3) is 7.99. The number of piperazine rings is 1. The average Bonchev–Trinajstić information content (AvgIpc) is 3.48. The normalized spacial score (nSPS) is 18.8. The second-order valence-corrected chi connectivity index (χ2v) is 12.6. The van der Waals surface area contributed by atoms with Crippen molar-refractivity contribution >= 4 is 33.7 Å². The summed E-state index contributed by atoms with van der Waals surface area (Å²) in [6.07, 6.45) is 7.72. The highest BCUT2D eigenvalue weighted by atomic mass is 32.2. The van der Waals surface area contributed by atoms with Gasteiger partial charge in [0, 0.05) is 39.3 Å². The van der Waals surface area contributed by atoms with E-state index < -0.39 is 28.5 Å². The molecule has 0 bridgehead atoms. The standard InChI is InChI=1S/C33H38N8O6S/c1-4-9-26(28-20-37(3)23-36-28)19-38-21-30-40(29(32(38)43)17-24-12-14-27(15-13-24)47-48(34,45)46)31(42)22-39(16-5-2)41(30)33(44)35-18-25-10-7-6-8-11-25/h4-15,20,23,29-30H,1-2,16-19,21-22H2,3H3,(H,35,44)(H2,34,45,46)/t29-,30-/m0/s1. The minimum Gasteiger partial charge on any atom is -0.371 e. The zero-order chi connectivity index (χ0) is 34.4. The Labute approximate surface area is 279 Å². The molecule has 14 nitrogen and oxygen atoms in total. The maximum Gasteiger partial charge on any atom is 0.380 e. The molecule has 2 aliphatic rings. The third-order valence-corrected chi connectivity index (χ3v) is 8.37. The molecule has 4 amide bonds. The number of nitrogens with two attached hydrogens (primary N) is 1. The van der Waals surface area contributed by atoms with Crippen molar-refractivity contribution in [1.82, 2.24) is 34.7 Å². The summed E-state index contributed by atoms with van der Waals surface area (Å²) in [6, 6.07) is 14.0. The quantitative estimate of drug-likeness (QED) is 0.217. The minimum atomic E-state index is -4.23. The number of aryl methyl sites for hydroxylation is 1. The largest absolute Gasteiger partial charge is 0.380 e. The zero-order valence-corrected chi connectivity index (χ0v) is 27.3. The average molecular weight is 675 g/mol. The lowest BCUT2D eigenvalue weighted by Gasteiger charge is -2.55. The van der Waals surface area contributed by atoms with Crippen LogP contribution in [0.3, 0.4) is 0 Å². The van der Waals surface area contributed by atoms with E-state index in [0.717, 1.165) is 11.1 Å². The van der Waals surface area contributed by atoms with Crippen molar-refractivity contribution in [3.8, 4) is 5.75 Å². The molecule has 1 aromatic heterocycles. The van der Waals surface area contributed by atoms with Crippen LogP contribution in [-0.2, 0) is 39.9 Å². The van der Waals surface area contributed by atoms with Gasteiger partial charge in [0.1, 0.15) is 18.0 Å². The van der Waals surface area contributed by atoms with Crippen LogP contribution in [0.4, 0.5) is 4.79 Å². The van der Waals surface area contributed by atoms with Gasteiger partial charge in [-0.2, -0.15) is 13.6 Å². The molecule has 48 heavy (non-hydrogen) atoms. The molecule has 2 saturated heterocycles. The molecule has 3 N–H and O–H groups in total. The first kappa shape index (κ1) is 34.1. The maximum absolute atomic E-state index is 14.3. The summed E-state index contributed by atoms with van der Waals surface area (Å²) in [7, 11) is -2.39. The molecule has 3 heterocycles. The molecule has 0 unspecified atom stereocenters. The molecular weight excluding hydrogens is 636 g/mol. The van der Waals surface area contributed by atoms with Crippen molar-refractivity contribution in [2.75, 3.05) is 26.2 Å². The van der Waals surface area contributed by atoms with Crippen molar-refractivity contribution < 1.29 is 27.0 Å². The van der Waals surface area contributed by atoms with E-state index in [2.05, 4.69) is 23.5 Å². The molecule has 5 rings (SSSR count). The van der Waals surface area contributed by atoms with Gasteiger partial charge in [-0.1, -0.05) is 67.3 Å². The van der Waals surface area contributed by atoms with Gasteiger partial charge in [0.15, 0.2) is 0 Å². The van der Waals surface area contributed by atoms with Crippen LogP contribution in [0.5, 0.6) is 5.75 Å². The van der Waals surface area contributed by atoms with Crippen LogP contribution in [0.25, 0.3) is 5.57 Å². The Morgan fingerprint density at radius 2 is 1.83 bits per heavy atom. The van der Waals surface area contributed by atoms with E-state index >= 15 is 0 Å². The summed E-state index contributed by atoms with van der Waals surface area (Å²) in [5, 5.41) is 11.1. The summed E-state index contributed by atoms with van der Waals surface area (Å²) >= 11 is 0. The van der Waals surface area contributed by atoms with Gasteiger partial charge >= 0.3 is 16.3 Å². The van der Waals surface area contributed by atoms with E-state index in [1.807, 2.05) is 43.6 Å². The number of hydrazine groups is 1. The first-order valence-corrected chi connectivity index (χ1v) is 16.6. The van der Waals surface area contributed by atoms with Crippen LogP contribution in [0.1, 0.15) is 16.8 Å². The summed E-state index contributed by atoms with van der Waals surface area (Å²) in [6.45, 7) is 8.13. The molecule has 2 aromatic carbocycles. The second kappa shape index (κ2) is 14.7. The Bertz CT molecular complexity index is 1810. The fourth-order valence-electron chi connectivity index (χ4n) is 5.88. The SMILES string of the molecule is C=CC=C(CN1C[C@H]2N(C(=O)CN(CC=C)N2C(=O)NCc2ccccc2)[C@@H](Cc2ccc(OS(N)(=O)=O)cc2)C1=O)c1cn(C)cn1. The first-order chi connectivity index (χ1) is 23.0. The van der Waals surface area contributed by atoms with E-state index in [1.54, 1.807) is 51.2 Å². The van der Waals surface area contributed by atoms with Gasteiger partial charge in [0.2, 0.25) is 11.8 Å². The van der Waals surface area contributed by atoms with Gasteiger partial charge in [0.05, 0.1) is 25.1 Å². The summed E-state index contributed by atoms with van der Waals surface area (Å²) in [4.78, 5) is 49.7. The Balaban J connectivity index is 1.51. The predicted molar refractivity (Wildman–Crippen MR) is 179 cm³/mol. The fraction of sp³-hybridized carbons (Fsp3) is 0.273. The van der Waals surface area contributed by atoms with Crippen molar-refractivity contribution in [3.05, 3.63) is 115 Å². The summed E-state index contributed by atoms with van der Waals surface area (Å²) in [5.74, 6) is -0.648. The Kier molecular flexibility index (Phi) is 10.4. The fourth-order valence-corrected chi connectivity index (χ4v) is 6.26. The molecule has 0 saturated carbocycles. The number of nitrogens with zero attached hydrogens (tertiary/aromatic N) is 6. The van der Waals surface area contributed by atoms with Crippen LogP contribution in [0, 0.1) is 0 Å². The van der Waals surface area contributed by atoms with E-state index in [0.29, 0.717) is 11.3 Å². The van der Waals surface area contributed by atoms with Gasteiger partial charge in [-0.05, 0) is 28.8 Å². The van der Waals surface area contributed by atoms with Crippen LogP contribution < -0.4 is 14.6 Å². The topological polar surface area (TPSA) is 163 Å². The molecular formula is C33H38N8O6S. The van der Waals surface area contributed by atoms with Crippen molar-refractivity contribution in [2.45, 2.75) is 25.2 Å². The number of allylic oxidation sites excluding steroid dienone is 2. The number of nitrogens with one attached hydrogen (secondary N) is 1. The van der Waals surface area contributed by atoms with E-state index in [-0.39, 0.29) is 56.7 Å². The van der Waals surface area contributed by atoms with Gasteiger partial charge in [-0.25, -0.2) is 19.8 Å². The first-order valence-electron chi connectivity index (χ1n) is 15.1. The summed E-state index contributed by atoms with van der Waals surface area (Å²) in [5.41, 5.74) is 2.90. The second-order valence-electron chi connectivity index (χ2n) is 11.4. The zero-order valence-electron chi connectivity index (χ0n) is 26.5. The van der Waals surface area contributed by atoms with Crippen LogP contribution in [0.2, 0.25) is 0 Å². The number of aromatic nitrogens is 2. The maximum atomic E-state index is 14.3. The highest BCUT2D eigenvalue weighted by molar-refractivity contribution is 7.84. The molecule has 252 valence electrons. The van der Waals surface area contributed by atoms with Crippen molar-refractivity contribution in [3.63, 3.8) is 0 Å². The van der Waals surface area contributed by atoms with Gasteiger partial charge in [0.25, 0.3) is 0 Å². The Morgan fingerprint density at radius 3 is 2.46 bits per heavy atom. The molecule has 2 aliphatic heterocycles. The molecule has 0 spiro atoms. The number of carbonyl (C=O) groups excluding carboxylic acids is 3. The molecule has 15 heteroatoms. The lowest BCUT2D eigenvalue weighted by Crippen LogP contribution is -2.76. The third-order valence-electron chi connectivity index (χ3n) is 7.94. The van der Waals surface area contributed by atoms with Crippen LogP contribution >= 0.6 is 0 Å². The number of rotatable bonds is 12. The van der Waals surface area contributed by atoms with Crippen molar-refractivity contribution in [1.29, 1.82) is 0 Å². The number of imidazole rings is 1. The molecule has 0 aliphatic carbocycles. The molecule has 3 aromatic rings. The highest BCUT2D eigenvalue weighted by Crippen LogP contribution is 2.30. The number of carbonyl (C=O) groups is 3. The number of fused-ring (bicyclic) bond motifs is 1. The van der Waals surface area contributed by atoms with E-state index in [1.165, 1.54) is 22.0 Å². The lowest BCUT2D eigenvalue weighted by molar-refractivity contribution is -0.188. The minimum absolute atomic E-state index is 0.000618. The monoisotopic (exact) mass is 674 g/mol. The van der Waals surface area contributed by atoms with E-state index in [9.17, 15) is 22.8 Å². The number of hydrogen-bond acceptors (Lipinski definition) is 8. The van der Waals surface area contributed by atoms with Crippen LogP contribution in [-0.4, -0.2) is 94.0 Å². The number of benzene rings is 2. The summed E-state index contributed by atoms with van der Waals surface area (Å²) < 4.78 is 29.3. The van der Waals surface area contributed by atoms with Crippen LogP contribution in [0.15, 0.2) is 98.5 Å².